The second-order valence-corrected chi connectivity index (χ2v) is 10.5. The number of piperazine rings is 1. The van der Waals surface area contributed by atoms with Crippen molar-refractivity contribution in [2.75, 3.05) is 26.2 Å². The highest BCUT2D eigenvalue weighted by Crippen LogP contribution is 2.20. The van der Waals surface area contributed by atoms with E-state index < -0.39 is 21.7 Å². The number of allylic oxidation sites excluding steroid dienone is 1. The van der Waals surface area contributed by atoms with Crippen LogP contribution in [0.15, 0.2) is 27.1 Å². The molecule has 1 saturated heterocycles. The van der Waals surface area contributed by atoms with Gasteiger partial charge in [-0.1, -0.05) is 0 Å². The first-order valence-electron chi connectivity index (χ1n) is 9.15. The van der Waals surface area contributed by atoms with Gasteiger partial charge in [-0.3, -0.25) is 9.89 Å². The molecule has 0 bridgehead atoms. The molecule has 1 fully saturated rings. The van der Waals surface area contributed by atoms with Crippen molar-refractivity contribution in [3.63, 3.8) is 0 Å². The van der Waals surface area contributed by atoms with Crippen molar-refractivity contribution in [3.05, 3.63) is 17.7 Å². The van der Waals surface area contributed by atoms with E-state index in [-0.39, 0.29) is 12.3 Å². The molecule has 0 N–H and O–H groups in total. The molecule has 27 heavy (non-hydrogen) atoms. The Morgan fingerprint density at radius 1 is 1.26 bits per heavy atom. The van der Waals surface area contributed by atoms with Crippen LogP contribution in [-0.2, 0) is 16.1 Å². The van der Waals surface area contributed by atoms with E-state index in [1.807, 2.05) is 53.7 Å². The fourth-order valence-electron chi connectivity index (χ4n) is 2.54. The first kappa shape index (κ1) is 21.7. The maximum absolute atomic E-state index is 12.2. The molecule has 0 aromatic rings. The zero-order valence-corrected chi connectivity index (χ0v) is 17.9. The molecule has 2 aliphatic heterocycles. The normalized spacial score (nSPS) is 22.4. The van der Waals surface area contributed by atoms with Crippen LogP contribution in [0.3, 0.4) is 0 Å². The lowest BCUT2D eigenvalue weighted by atomic mass is 10.1. The number of rotatable bonds is 2. The average Bonchev–Trinajstić information content (AvgIpc) is 2.57. The van der Waals surface area contributed by atoms with Gasteiger partial charge in [-0.25, -0.2) is 4.79 Å². The summed E-state index contributed by atoms with van der Waals surface area (Å²) in [5, 5.41) is 0. The molecule has 7 nitrogen and oxygen atoms in total. The van der Waals surface area contributed by atoms with Crippen molar-refractivity contribution < 1.29 is 14.1 Å². The minimum absolute atomic E-state index is 0.225. The standard InChI is InChI=1S/C19H30N4O3S/c1-18(2,3)26-17(24)23-12-10-22(11-13-23)16-15(8-7-9-20-16)14-21-27(25)19(4,5)6/h7-9,16H,10-13H2,1-6H3. The van der Waals surface area contributed by atoms with Crippen LogP contribution in [0.25, 0.3) is 0 Å². The maximum Gasteiger partial charge on any atom is 0.410 e. The second-order valence-electron chi connectivity index (χ2n) is 8.55. The molecule has 0 saturated carbocycles. The Balaban J connectivity index is 2.03. The predicted molar refractivity (Wildman–Crippen MR) is 110 cm³/mol. The molecule has 1 amide bonds. The van der Waals surface area contributed by atoms with Gasteiger partial charge in [-0.2, -0.15) is 0 Å². The van der Waals surface area contributed by atoms with Gasteiger partial charge in [0.1, 0.15) is 27.9 Å². The van der Waals surface area contributed by atoms with Gasteiger partial charge in [0.15, 0.2) is 0 Å². The first-order chi connectivity index (χ1) is 12.5. The van der Waals surface area contributed by atoms with Crippen molar-refractivity contribution in [2.45, 2.75) is 58.1 Å². The molecule has 0 spiro atoms. The van der Waals surface area contributed by atoms with Crippen molar-refractivity contribution in [1.29, 1.82) is 0 Å². The molecule has 0 aromatic carbocycles. The van der Waals surface area contributed by atoms with Gasteiger partial charge in [0.05, 0.1) is 5.57 Å². The summed E-state index contributed by atoms with van der Waals surface area (Å²) in [6.45, 7) is 13.7. The maximum atomic E-state index is 12.2. The SMILES string of the molecule is CC(C)(C)OC(=O)N1CCN(C2N=CC=CC2=C=N[S+]([O-])C(C)(C)C)CC1. The minimum atomic E-state index is -1.36. The third kappa shape index (κ3) is 6.50. The Morgan fingerprint density at radius 3 is 2.44 bits per heavy atom. The molecule has 2 rings (SSSR count). The Labute approximate surface area is 165 Å². The summed E-state index contributed by atoms with van der Waals surface area (Å²) in [6, 6.07) is 0. The van der Waals surface area contributed by atoms with Gasteiger partial charge >= 0.3 is 6.09 Å². The molecule has 2 unspecified atom stereocenters. The number of carbonyl (C=O) groups is 1. The van der Waals surface area contributed by atoms with Crippen LogP contribution in [0.2, 0.25) is 0 Å². The van der Waals surface area contributed by atoms with Crippen LogP contribution in [0.1, 0.15) is 41.5 Å². The van der Waals surface area contributed by atoms with Crippen LogP contribution in [0.4, 0.5) is 4.79 Å². The van der Waals surface area contributed by atoms with Crippen molar-refractivity contribution >= 4 is 29.5 Å². The number of amides is 1. The van der Waals surface area contributed by atoms with E-state index in [2.05, 4.69) is 20.2 Å². The summed E-state index contributed by atoms with van der Waals surface area (Å²) in [5.41, 5.74) is 0.280. The summed E-state index contributed by atoms with van der Waals surface area (Å²) < 4.78 is 21.3. The number of nitrogens with zero attached hydrogens (tertiary/aromatic N) is 4. The molecule has 0 aromatic heterocycles. The molecular weight excluding hydrogens is 364 g/mol. The number of dihydropyridines is 1. The van der Waals surface area contributed by atoms with Gasteiger partial charge in [0.25, 0.3) is 0 Å². The van der Waals surface area contributed by atoms with Gasteiger partial charge in [-0.05, 0) is 58.1 Å². The minimum Gasteiger partial charge on any atom is -0.590 e. The van der Waals surface area contributed by atoms with Crippen molar-refractivity contribution in [1.82, 2.24) is 9.80 Å². The quantitative estimate of drug-likeness (QED) is 0.532. The van der Waals surface area contributed by atoms with Gasteiger partial charge in [0, 0.05) is 38.3 Å². The van der Waals surface area contributed by atoms with Gasteiger partial charge in [-0.15, -0.1) is 0 Å². The zero-order chi connectivity index (χ0) is 20.2. The topological polar surface area (TPSA) is 80.6 Å². The van der Waals surface area contributed by atoms with E-state index >= 15 is 0 Å². The molecule has 2 heterocycles. The van der Waals surface area contributed by atoms with E-state index in [0.29, 0.717) is 26.2 Å². The number of aliphatic imine (C=N–C) groups is 1. The van der Waals surface area contributed by atoms with Crippen molar-refractivity contribution in [2.24, 2.45) is 9.39 Å². The number of carbonyl (C=O) groups excluding carboxylic acids is 1. The van der Waals surface area contributed by atoms with Crippen LogP contribution in [0.5, 0.6) is 0 Å². The summed E-state index contributed by atoms with van der Waals surface area (Å²) in [5.74, 6) is 2.93. The van der Waals surface area contributed by atoms with Gasteiger partial charge in [0.2, 0.25) is 0 Å². The number of hydrogen-bond donors (Lipinski definition) is 0. The van der Waals surface area contributed by atoms with E-state index in [1.165, 1.54) is 0 Å². The zero-order valence-electron chi connectivity index (χ0n) is 17.1. The summed E-state index contributed by atoms with van der Waals surface area (Å²) in [7, 11) is 0. The second kappa shape index (κ2) is 8.61. The Morgan fingerprint density at radius 2 is 1.89 bits per heavy atom. The summed E-state index contributed by atoms with van der Waals surface area (Å²) >= 11 is -1.36. The highest BCUT2D eigenvalue weighted by atomic mass is 32.2. The highest BCUT2D eigenvalue weighted by molar-refractivity contribution is 7.91. The largest absolute Gasteiger partial charge is 0.590 e. The number of hydrogen-bond acceptors (Lipinski definition) is 6. The monoisotopic (exact) mass is 394 g/mol. The molecule has 2 aliphatic rings. The Kier molecular flexibility index (Phi) is 6.92. The fourth-order valence-corrected chi connectivity index (χ4v) is 3.00. The van der Waals surface area contributed by atoms with Crippen LogP contribution in [-0.4, -0.2) is 75.2 Å². The molecule has 2 atom stereocenters. The average molecular weight is 395 g/mol. The molecule has 8 heteroatoms. The lowest BCUT2D eigenvalue weighted by Gasteiger charge is -2.38. The lowest BCUT2D eigenvalue weighted by molar-refractivity contribution is 0.0123. The summed E-state index contributed by atoms with van der Waals surface area (Å²) in [6.07, 6.45) is 4.95. The summed E-state index contributed by atoms with van der Waals surface area (Å²) in [4.78, 5) is 20.6. The highest BCUT2D eigenvalue weighted by Gasteiger charge is 2.31. The fraction of sp³-hybridized carbons (Fsp3) is 0.684. The molecular formula is C19H30N4O3S. The number of ether oxygens (including phenoxy) is 1. The van der Waals surface area contributed by atoms with E-state index in [9.17, 15) is 9.35 Å². The predicted octanol–water partition coefficient (Wildman–Crippen LogP) is 2.56. The Bertz CT molecular complexity index is 661. The molecule has 0 aliphatic carbocycles. The molecule has 0 radical (unpaired) electrons. The third-order valence-corrected chi connectivity index (χ3v) is 5.27. The molecule has 150 valence electrons. The first-order valence-corrected chi connectivity index (χ1v) is 10.3. The van der Waals surface area contributed by atoms with E-state index in [0.717, 1.165) is 5.57 Å². The van der Waals surface area contributed by atoms with E-state index in [1.54, 1.807) is 11.1 Å². The van der Waals surface area contributed by atoms with Crippen LogP contribution >= 0.6 is 0 Å². The third-order valence-electron chi connectivity index (χ3n) is 3.96. The van der Waals surface area contributed by atoms with Crippen molar-refractivity contribution in [3.8, 4) is 0 Å². The lowest BCUT2D eigenvalue weighted by Crippen LogP contribution is -2.53. The van der Waals surface area contributed by atoms with E-state index in [4.69, 9.17) is 4.74 Å². The van der Waals surface area contributed by atoms with Crippen LogP contribution in [0, 0.1) is 0 Å². The van der Waals surface area contributed by atoms with Crippen LogP contribution < -0.4 is 0 Å². The van der Waals surface area contributed by atoms with Gasteiger partial charge < -0.3 is 14.2 Å². The smallest absolute Gasteiger partial charge is 0.410 e. The Hall–Kier alpha value is -1.60.